The predicted molar refractivity (Wildman–Crippen MR) is 94.2 cm³/mol. The van der Waals surface area contributed by atoms with E-state index in [1.165, 1.54) is 28.8 Å². The maximum absolute atomic E-state index is 12.1. The van der Waals surface area contributed by atoms with E-state index >= 15 is 0 Å². The molecule has 3 rings (SSSR count). The molecule has 1 amide bonds. The number of nitrogens with zero attached hydrogens (tertiary/aromatic N) is 2. The predicted octanol–water partition coefficient (Wildman–Crippen LogP) is 2.53. The molecule has 1 aromatic carbocycles. The minimum Gasteiger partial charge on any atom is -0.322 e. The molecule has 1 aliphatic heterocycles. The highest BCUT2D eigenvalue weighted by molar-refractivity contribution is 7.94. The Bertz CT molecular complexity index is 873. The first-order valence-corrected chi connectivity index (χ1v) is 9.06. The number of anilines is 3. The van der Waals surface area contributed by atoms with Crippen LogP contribution >= 0.6 is 11.3 Å². The molecule has 8 heteroatoms. The van der Waals surface area contributed by atoms with E-state index in [9.17, 15) is 13.2 Å². The van der Waals surface area contributed by atoms with Crippen molar-refractivity contribution in [3.8, 4) is 0 Å². The Kier molecular flexibility index (Phi) is 3.87. The summed E-state index contributed by atoms with van der Waals surface area (Å²) in [6.45, 7) is 0. The number of amides is 1. The molecular formula is C15H15N3O3S2. The Hall–Kier alpha value is -2.32. The van der Waals surface area contributed by atoms with Gasteiger partial charge in [-0.25, -0.2) is 0 Å². The van der Waals surface area contributed by atoms with Gasteiger partial charge in [0.2, 0.25) is 5.91 Å². The number of carbonyl (C=O) groups excluding carboxylic acids is 1. The van der Waals surface area contributed by atoms with Gasteiger partial charge in [0.05, 0.1) is 11.4 Å². The van der Waals surface area contributed by atoms with E-state index in [4.69, 9.17) is 0 Å². The minimum atomic E-state index is -3.51. The van der Waals surface area contributed by atoms with Gasteiger partial charge in [-0.15, -0.1) is 11.3 Å². The van der Waals surface area contributed by atoms with E-state index < -0.39 is 10.2 Å². The topological polar surface area (TPSA) is 69.7 Å². The highest BCUT2D eigenvalue weighted by Crippen LogP contribution is 2.40. The van der Waals surface area contributed by atoms with Crippen molar-refractivity contribution in [3.63, 3.8) is 0 Å². The molecule has 2 aromatic rings. The Morgan fingerprint density at radius 2 is 1.91 bits per heavy atom. The standard InChI is InChI=1S/C15H15N3O3S2/c1-17-13-7-5-11(10-14(13)18(2)23(17,20)21)16-15(19)8-6-12-4-3-9-22-12/h3-10H,1-2H3,(H,16,19). The van der Waals surface area contributed by atoms with Crippen LogP contribution < -0.4 is 13.9 Å². The molecule has 0 bridgehead atoms. The quantitative estimate of drug-likeness (QED) is 0.866. The van der Waals surface area contributed by atoms with Gasteiger partial charge in [-0.1, -0.05) is 6.07 Å². The van der Waals surface area contributed by atoms with Gasteiger partial charge in [0, 0.05) is 30.7 Å². The molecule has 0 aliphatic carbocycles. The number of fused-ring (bicyclic) bond motifs is 1. The van der Waals surface area contributed by atoms with Gasteiger partial charge < -0.3 is 5.32 Å². The van der Waals surface area contributed by atoms with Crippen LogP contribution in [0.2, 0.25) is 0 Å². The van der Waals surface area contributed by atoms with Crippen LogP contribution in [0.15, 0.2) is 41.8 Å². The molecular weight excluding hydrogens is 334 g/mol. The van der Waals surface area contributed by atoms with Crippen molar-refractivity contribution >= 4 is 50.6 Å². The molecule has 0 saturated heterocycles. The summed E-state index contributed by atoms with van der Waals surface area (Å²) < 4.78 is 26.5. The summed E-state index contributed by atoms with van der Waals surface area (Å²) in [4.78, 5) is 12.9. The molecule has 0 radical (unpaired) electrons. The van der Waals surface area contributed by atoms with Gasteiger partial charge in [-0.3, -0.25) is 13.4 Å². The summed E-state index contributed by atoms with van der Waals surface area (Å²) >= 11 is 1.54. The van der Waals surface area contributed by atoms with Crippen LogP contribution in [0.5, 0.6) is 0 Å². The minimum absolute atomic E-state index is 0.268. The van der Waals surface area contributed by atoms with Crippen LogP contribution in [0, 0.1) is 0 Å². The van der Waals surface area contributed by atoms with Crippen molar-refractivity contribution < 1.29 is 13.2 Å². The van der Waals surface area contributed by atoms with Crippen LogP contribution in [0.1, 0.15) is 4.88 Å². The van der Waals surface area contributed by atoms with Crippen molar-refractivity contribution in [1.29, 1.82) is 0 Å². The van der Waals surface area contributed by atoms with E-state index in [0.717, 1.165) is 4.88 Å². The van der Waals surface area contributed by atoms with Gasteiger partial charge >= 0.3 is 10.2 Å². The summed E-state index contributed by atoms with van der Waals surface area (Å²) in [6, 6.07) is 8.83. The van der Waals surface area contributed by atoms with Crippen molar-refractivity contribution in [2.24, 2.45) is 0 Å². The largest absolute Gasteiger partial charge is 0.326 e. The average molecular weight is 349 g/mol. The van der Waals surface area contributed by atoms with E-state index in [1.54, 1.807) is 35.6 Å². The number of thiophene rings is 1. The van der Waals surface area contributed by atoms with E-state index in [-0.39, 0.29) is 5.91 Å². The number of rotatable bonds is 3. The maximum atomic E-state index is 12.1. The molecule has 6 nitrogen and oxygen atoms in total. The second kappa shape index (κ2) is 5.71. The normalized spacial score (nSPS) is 15.9. The molecule has 0 saturated carbocycles. The van der Waals surface area contributed by atoms with Crippen LogP contribution in [0.25, 0.3) is 6.08 Å². The van der Waals surface area contributed by atoms with Crippen LogP contribution in [0.4, 0.5) is 17.1 Å². The third-order valence-electron chi connectivity index (χ3n) is 3.56. The van der Waals surface area contributed by atoms with Crippen molar-refractivity contribution in [2.45, 2.75) is 0 Å². The Balaban J connectivity index is 1.79. The van der Waals surface area contributed by atoms with E-state index in [0.29, 0.717) is 17.1 Å². The summed E-state index contributed by atoms with van der Waals surface area (Å²) in [7, 11) is -0.521. The van der Waals surface area contributed by atoms with Crippen LogP contribution in [-0.4, -0.2) is 28.4 Å². The zero-order valence-corrected chi connectivity index (χ0v) is 14.2. The first kappa shape index (κ1) is 15.6. The summed E-state index contributed by atoms with van der Waals surface area (Å²) in [6.07, 6.45) is 3.18. The molecule has 1 aliphatic rings. The monoisotopic (exact) mass is 349 g/mol. The fourth-order valence-electron chi connectivity index (χ4n) is 2.28. The van der Waals surface area contributed by atoms with E-state index in [2.05, 4.69) is 5.32 Å². The summed E-state index contributed by atoms with van der Waals surface area (Å²) in [5.74, 6) is -0.268. The molecule has 1 N–H and O–H groups in total. The highest BCUT2D eigenvalue weighted by Gasteiger charge is 2.35. The van der Waals surface area contributed by atoms with Gasteiger partial charge in [0.25, 0.3) is 0 Å². The first-order valence-electron chi connectivity index (χ1n) is 6.79. The smallest absolute Gasteiger partial charge is 0.322 e. The van der Waals surface area contributed by atoms with Gasteiger partial charge in [-0.05, 0) is 35.7 Å². The first-order chi connectivity index (χ1) is 10.9. The lowest BCUT2D eigenvalue weighted by Gasteiger charge is -2.13. The van der Waals surface area contributed by atoms with Crippen LogP contribution in [0.3, 0.4) is 0 Å². The Labute approximate surface area is 138 Å². The van der Waals surface area contributed by atoms with Crippen molar-refractivity contribution in [2.75, 3.05) is 28.0 Å². The second-order valence-corrected chi connectivity index (χ2v) is 7.95. The van der Waals surface area contributed by atoms with Gasteiger partial charge in [0.1, 0.15) is 0 Å². The lowest BCUT2D eigenvalue weighted by atomic mass is 10.2. The molecule has 120 valence electrons. The number of hydrogen-bond donors (Lipinski definition) is 1. The number of hydrogen-bond acceptors (Lipinski definition) is 4. The molecule has 0 atom stereocenters. The summed E-state index contributed by atoms with van der Waals surface area (Å²) in [5, 5.41) is 4.67. The lowest BCUT2D eigenvalue weighted by Crippen LogP contribution is -2.32. The van der Waals surface area contributed by atoms with Crippen LogP contribution in [-0.2, 0) is 15.0 Å². The highest BCUT2D eigenvalue weighted by atomic mass is 32.2. The summed E-state index contributed by atoms with van der Waals surface area (Å²) in [5.41, 5.74) is 1.66. The molecule has 0 spiro atoms. The fourth-order valence-corrected chi connectivity index (χ4v) is 4.06. The van der Waals surface area contributed by atoms with Gasteiger partial charge in [-0.2, -0.15) is 8.42 Å². The average Bonchev–Trinajstić information content (AvgIpc) is 3.09. The third kappa shape index (κ3) is 2.82. The number of nitrogens with one attached hydrogen (secondary N) is 1. The Morgan fingerprint density at radius 1 is 1.17 bits per heavy atom. The fraction of sp³-hybridized carbons (Fsp3) is 0.133. The third-order valence-corrected chi connectivity index (χ3v) is 6.17. The molecule has 1 aromatic heterocycles. The Morgan fingerprint density at radius 3 is 2.61 bits per heavy atom. The molecule has 23 heavy (non-hydrogen) atoms. The maximum Gasteiger partial charge on any atom is 0.326 e. The zero-order valence-electron chi connectivity index (χ0n) is 12.6. The lowest BCUT2D eigenvalue weighted by molar-refractivity contribution is -0.111. The molecule has 0 unspecified atom stereocenters. The molecule has 2 heterocycles. The van der Waals surface area contributed by atoms with E-state index in [1.807, 2.05) is 17.5 Å². The van der Waals surface area contributed by atoms with Crippen molar-refractivity contribution in [1.82, 2.24) is 0 Å². The number of carbonyl (C=O) groups is 1. The molecule has 0 fully saturated rings. The van der Waals surface area contributed by atoms with Crippen molar-refractivity contribution in [3.05, 3.63) is 46.7 Å². The zero-order chi connectivity index (χ0) is 16.6. The number of benzene rings is 1. The SMILES string of the molecule is CN1c2ccc(NC(=O)C=Cc3cccs3)cc2N(C)S1(=O)=O. The second-order valence-electron chi connectivity index (χ2n) is 4.98. The van der Waals surface area contributed by atoms with Gasteiger partial charge in [0.15, 0.2) is 0 Å².